The standard InChI is InChI=1S/C27H22BrFN8O3/c1-15(38)26-19-9-16(17-6-8-24-30-14-31-37(24)11-17)5-7-20(19)36(34-26)13-25(39)35-12-18(29)10-21(35)27(40)33-23-4-2-3-22(28)32-23/h2-9,11,14,18,21H,10,12-13H2,1H3,(H,32,33,40)/t18-,21+/m1/s1. The van der Waals surface area contributed by atoms with Crippen molar-refractivity contribution < 1.29 is 18.8 Å². The third kappa shape index (κ3) is 4.83. The highest BCUT2D eigenvalue weighted by atomic mass is 79.9. The molecule has 1 aliphatic heterocycles. The molecule has 5 heterocycles. The summed E-state index contributed by atoms with van der Waals surface area (Å²) in [5.74, 6) is -0.980. The number of amides is 2. The van der Waals surface area contributed by atoms with Gasteiger partial charge in [0.15, 0.2) is 11.4 Å². The van der Waals surface area contributed by atoms with E-state index in [4.69, 9.17) is 0 Å². The zero-order valence-electron chi connectivity index (χ0n) is 21.2. The topological polar surface area (TPSA) is 127 Å². The molecule has 1 aliphatic rings. The predicted octanol–water partition coefficient (Wildman–Crippen LogP) is 3.68. The minimum absolute atomic E-state index is 0.121. The van der Waals surface area contributed by atoms with Crippen LogP contribution in [0.25, 0.3) is 27.7 Å². The number of carbonyl (C=O) groups excluding carboxylic acids is 3. The first kappa shape index (κ1) is 25.7. The Morgan fingerprint density at radius 1 is 1.12 bits per heavy atom. The summed E-state index contributed by atoms with van der Waals surface area (Å²) >= 11 is 3.25. The highest BCUT2D eigenvalue weighted by molar-refractivity contribution is 9.10. The normalized spacial score (nSPS) is 17.0. The van der Waals surface area contributed by atoms with Crippen LogP contribution in [0.4, 0.5) is 10.2 Å². The molecule has 2 atom stereocenters. The van der Waals surface area contributed by atoms with Crippen LogP contribution in [0.1, 0.15) is 23.8 Å². The van der Waals surface area contributed by atoms with Gasteiger partial charge in [0, 0.05) is 30.5 Å². The number of anilines is 1. The van der Waals surface area contributed by atoms with E-state index in [2.05, 4.69) is 41.4 Å². The molecule has 0 aliphatic carbocycles. The fourth-order valence-corrected chi connectivity index (χ4v) is 5.29. The van der Waals surface area contributed by atoms with Crippen molar-refractivity contribution in [2.75, 3.05) is 11.9 Å². The van der Waals surface area contributed by atoms with E-state index < -0.39 is 24.0 Å². The number of aromatic nitrogens is 6. The van der Waals surface area contributed by atoms with E-state index in [9.17, 15) is 18.8 Å². The van der Waals surface area contributed by atoms with E-state index >= 15 is 0 Å². The molecule has 1 aromatic carbocycles. The molecule has 1 N–H and O–H groups in total. The summed E-state index contributed by atoms with van der Waals surface area (Å²) in [5, 5.41) is 11.8. The number of Topliss-reactive ketones (excluding diaryl/α,β-unsaturated/α-hetero) is 1. The summed E-state index contributed by atoms with van der Waals surface area (Å²) in [5.41, 5.74) is 3.18. The Hall–Kier alpha value is -4.52. The van der Waals surface area contributed by atoms with Gasteiger partial charge in [-0.05, 0) is 57.9 Å². The molecule has 11 nitrogen and oxygen atoms in total. The summed E-state index contributed by atoms with van der Waals surface area (Å²) in [6.07, 6.45) is 1.83. The first-order valence-corrected chi connectivity index (χ1v) is 13.2. The number of nitrogens with zero attached hydrogens (tertiary/aromatic N) is 7. The van der Waals surface area contributed by atoms with E-state index in [1.165, 1.54) is 22.8 Å². The van der Waals surface area contributed by atoms with Gasteiger partial charge >= 0.3 is 0 Å². The van der Waals surface area contributed by atoms with Crippen LogP contribution in [0.5, 0.6) is 0 Å². The Labute approximate surface area is 235 Å². The first-order valence-electron chi connectivity index (χ1n) is 12.4. The van der Waals surface area contributed by atoms with Crippen LogP contribution >= 0.6 is 15.9 Å². The van der Waals surface area contributed by atoms with Gasteiger partial charge in [-0.1, -0.05) is 12.1 Å². The lowest BCUT2D eigenvalue weighted by atomic mass is 10.0. The van der Waals surface area contributed by atoms with E-state index in [0.717, 1.165) is 11.1 Å². The highest BCUT2D eigenvalue weighted by Gasteiger charge is 2.40. The van der Waals surface area contributed by atoms with Gasteiger partial charge in [-0.25, -0.2) is 18.9 Å². The third-order valence-corrected chi connectivity index (χ3v) is 7.26. The lowest BCUT2D eigenvalue weighted by molar-refractivity contribution is -0.137. The number of benzene rings is 1. The van der Waals surface area contributed by atoms with E-state index in [1.807, 2.05) is 30.5 Å². The van der Waals surface area contributed by atoms with Gasteiger partial charge in [0.25, 0.3) is 0 Å². The maximum Gasteiger partial charge on any atom is 0.248 e. The summed E-state index contributed by atoms with van der Waals surface area (Å²) in [7, 11) is 0. The minimum atomic E-state index is -1.35. The predicted molar refractivity (Wildman–Crippen MR) is 147 cm³/mol. The van der Waals surface area contributed by atoms with Crippen molar-refractivity contribution in [3.05, 3.63) is 71.4 Å². The maximum atomic E-state index is 14.5. The average molecular weight is 605 g/mol. The third-order valence-electron chi connectivity index (χ3n) is 6.82. The molecule has 6 rings (SSSR count). The molecule has 0 spiro atoms. The molecule has 0 radical (unpaired) electrons. The highest BCUT2D eigenvalue weighted by Crippen LogP contribution is 2.28. The van der Waals surface area contributed by atoms with E-state index in [-0.39, 0.29) is 36.8 Å². The van der Waals surface area contributed by atoms with Crippen LogP contribution in [0.2, 0.25) is 0 Å². The van der Waals surface area contributed by atoms with Crippen LogP contribution in [-0.2, 0) is 16.1 Å². The van der Waals surface area contributed by atoms with Gasteiger partial charge < -0.3 is 10.2 Å². The smallest absolute Gasteiger partial charge is 0.248 e. The van der Waals surface area contributed by atoms with Crippen molar-refractivity contribution in [3.63, 3.8) is 0 Å². The van der Waals surface area contributed by atoms with Crippen molar-refractivity contribution >= 4 is 55.9 Å². The number of hydrogen-bond acceptors (Lipinski definition) is 7. The molecule has 2 amide bonds. The lowest BCUT2D eigenvalue weighted by Crippen LogP contribution is -2.44. The second kappa shape index (κ2) is 10.2. The molecule has 0 saturated carbocycles. The first-order chi connectivity index (χ1) is 19.3. The molecule has 5 aromatic rings. The molecule has 40 heavy (non-hydrogen) atoms. The molecule has 0 unspecified atom stereocenters. The Morgan fingerprint density at radius 2 is 1.95 bits per heavy atom. The Kier molecular flexibility index (Phi) is 6.58. The number of halogens is 2. The van der Waals surface area contributed by atoms with Gasteiger partial charge in [0.2, 0.25) is 11.8 Å². The molecule has 0 bridgehead atoms. The number of fused-ring (bicyclic) bond motifs is 2. The van der Waals surface area contributed by atoms with Crippen molar-refractivity contribution in [2.24, 2.45) is 0 Å². The fraction of sp³-hybridized carbons (Fsp3) is 0.222. The van der Waals surface area contributed by atoms with Crippen LogP contribution in [0.15, 0.2) is 65.7 Å². The number of hydrogen-bond donors (Lipinski definition) is 1. The van der Waals surface area contributed by atoms with Crippen molar-refractivity contribution in [1.82, 2.24) is 34.3 Å². The van der Waals surface area contributed by atoms with Crippen molar-refractivity contribution in [1.29, 1.82) is 0 Å². The van der Waals surface area contributed by atoms with Crippen molar-refractivity contribution in [2.45, 2.75) is 32.1 Å². The second-order valence-electron chi connectivity index (χ2n) is 9.50. The number of ketones is 1. The Balaban J connectivity index is 1.28. The number of carbonyl (C=O) groups is 3. The number of rotatable bonds is 6. The van der Waals surface area contributed by atoms with Crippen molar-refractivity contribution in [3.8, 4) is 11.1 Å². The van der Waals surface area contributed by atoms with Gasteiger partial charge in [-0.2, -0.15) is 10.2 Å². The zero-order chi connectivity index (χ0) is 28.0. The fourth-order valence-electron chi connectivity index (χ4n) is 4.94. The van der Waals surface area contributed by atoms with E-state index in [0.29, 0.717) is 21.2 Å². The minimum Gasteiger partial charge on any atom is -0.326 e. The monoisotopic (exact) mass is 604 g/mol. The molecule has 202 valence electrons. The largest absolute Gasteiger partial charge is 0.326 e. The number of alkyl halides is 1. The number of likely N-dealkylation sites (tertiary alicyclic amines) is 1. The van der Waals surface area contributed by atoms with Crippen LogP contribution < -0.4 is 5.32 Å². The lowest BCUT2D eigenvalue weighted by Gasteiger charge is -2.23. The Morgan fingerprint density at radius 3 is 2.75 bits per heavy atom. The number of pyridine rings is 2. The van der Waals surface area contributed by atoms with E-state index in [1.54, 1.807) is 28.8 Å². The summed E-state index contributed by atoms with van der Waals surface area (Å²) in [6, 6.07) is 13.2. The SMILES string of the molecule is CC(=O)c1nn(CC(=O)N2C[C@H](F)C[C@H]2C(=O)Nc2cccc(Br)n2)c2ccc(-c3ccc4ncnn4c3)cc12. The van der Waals surface area contributed by atoms with Gasteiger partial charge in [-0.15, -0.1) is 0 Å². The zero-order valence-corrected chi connectivity index (χ0v) is 22.7. The summed E-state index contributed by atoms with van der Waals surface area (Å²) in [6.45, 7) is 0.933. The molecule has 13 heteroatoms. The van der Waals surface area contributed by atoms with Crippen LogP contribution in [0, 0.1) is 0 Å². The second-order valence-corrected chi connectivity index (χ2v) is 10.3. The molecular weight excluding hydrogens is 583 g/mol. The van der Waals surface area contributed by atoms with Crippen LogP contribution in [-0.4, -0.2) is 70.6 Å². The Bertz CT molecular complexity index is 1800. The average Bonchev–Trinajstić information content (AvgIpc) is 3.65. The molecule has 4 aromatic heterocycles. The molecule has 1 fully saturated rings. The summed E-state index contributed by atoms with van der Waals surface area (Å²) in [4.78, 5) is 48.4. The number of nitrogens with one attached hydrogen (secondary N) is 1. The maximum absolute atomic E-state index is 14.5. The van der Waals surface area contributed by atoms with Gasteiger partial charge in [0.1, 0.15) is 41.2 Å². The quantitative estimate of drug-likeness (QED) is 0.231. The van der Waals surface area contributed by atoms with Crippen LogP contribution in [0.3, 0.4) is 0 Å². The summed E-state index contributed by atoms with van der Waals surface area (Å²) < 4.78 is 18.1. The van der Waals surface area contributed by atoms with Gasteiger partial charge in [0.05, 0.1) is 12.1 Å². The molecular formula is C27H22BrFN8O3. The molecule has 1 saturated heterocycles. The van der Waals surface area contributed by atoms with Gasteiger partial charge in [-0.3, -0.25) is 19.1 Å².